The van der Waals surface area contributed by atoms with Crippen molar-refractivity contribution in [1.29, 1.82) is 5.41 Å². The predicted molar refractivity (Wildman–Crippen MR) is 36.9 cm³/mol. The van der Waals surface area contributed by atoms with E-state index in [9.17, 15) is 0 Å². The van der Waals surface area contributed by atoms with Gasteiger partial charge in [0.15, 0.2) is 0 Å². The van der Waals surface area contributed by atoms with Gasteiger partial charge in [-0.05, 0) is 13.3 Å². The molecule has 0 fully saturated rings. The first-order chi connectivity index (χ1) is 4.33. The van der Waals surface area contributed by atoms with Crippen LogP contribution in [-0.2, 0) is 4.79 Å². The summed E-state index contributed by atoms with van der Waals surface area (Å²) < 4.78 is 0. The fourth-order valence-corrected chi connectivity index (χ4v) is 0.394. The Morgan fingerprint density at radius 1 is 1.56 bits per heavy atom. The minimum absolute atomic E-state index is 0.750. The van der Waals surface area contributed by atoms with Gasteiger partial charge in [0.2, 0.25) is 6.08 Å². The van der Waals surface area contributed by atoms with Crippen molar-refractivity contribution in [3.63, 3.8) is 0 Å². The SMILES string of the molecule is N=C=O.[CH]CCCCC. The van der Waals surface area contributed by atoms with Crippen molar-refractivity contribution in [2.24, 2.45) is 0 Å². The Labute approximate surface area is 56.8 Å². The second-order valence-electron chi connectivity index (χ2n) is 1.60. The molecule has 0 aromatic heterocycles. The highest BCUT2D eigenvalue weighted by Crippen LogP contribution is 1.95. The van der Waals surface area contributed by atoms with Crippen LogP contribution >= 0.6 is 0 Å². The molecule has 0 aliphatic carbocycles. The van der Waals surface area contributed by atoms with Gasteiger partial charge >= 0.3 is 0 Å². The van der Waals surface area contributed by atoms with E-state index in [-0.39, 0.29) is 0 Å². The van der Waals surface area contributed by atoms with Gasteiger partial charge in [-0.15, -0.1) is 0 Å². The molecule has 0 unspecified atom stereocenters. The Bertz CT molecular complexity index is 61.3. The standard InChI is InChI=1S/C6H12.CHNO/c1-3-5-6-4-2;2-1-3/h1H,3-6H2,2H3;2H. The van der Waals surface area contributed by atoms with E-state index in [1.54, 1.807) is 0 Å². The Kier molecular flexibility index (Phi) is 19.5. The van der Waals surface area contributed by atoms with Gasteiger partial charge in [0.1, 0.15) is 0 Å². The smallest absolute Gasteiger partial charge is 0.222 e. The van der Waals surface area contributed by atoms with E-state index < -0.39 is 0 Å². The van der Waals surface area contributed by atoms with E-state index in [1.807, 2.05) is 0 Å². The van der Waals surface area contributed by atoms with Gasteiger partial charge < -0.3 is 0 Å². The van der Waals surface area contributed by atoms with Crippen LogP contribution in [0.25, 0.3) is 0 Å². The Balaban J connectivity index is 0. The summed E-state index contributed by atoms with van der Waals surface area (Å²) in [5, 5.41) is 5.40. The molecule has 0 aromatic carbocycles. The third kappa shape index (κ3) is 37.7. The fraction of sp³-hybridized carbons (Fsp3) is 0.714. The highest BCUT2D eigenvalue weighted by molar-refractivity contribution is 5.26. The average Bonchev–Trinajstić information content (AvgIpc) is 1.86. The molecule has 52 valence electrons. The molecule has 0 saturated heterocycles. The summed E-state index contributed by atoms with van der Waals surface area (Å²) in [5.41, 5.74) is 0. The third-order valence-corrected chi connectivity index (χ3v) is 0.808. The second-order valence-corrected chi connectivity index (χ2v) is 1.60. The summed E-state index contributed by atoms with van der Waals surface area (Å²) in [6, 6.07) is 0. The molecule has 9 heavy (non-hydrogen) atoms. The average molecular weight is 127 g/mol. The molecule has 2 heteroatoms. The van der Waals surface area contributed by atoms with Crippen LogP contribution in [0.15, 0.2) is 0 Å². The van der Waals surface area contributed by atoms with Crippen molar-refractivity contribution >= 4 is 6.08 Å². The molecule has 1 N–H and O–H groups in total. The molecular weight excluding hydrogens is 114 g/mol. The maximum Gasteiger partial charge on any atom is 0.231 e. The molecule has 2 radical (unpaired) electrons. The van der Waals surface area contributed by atoms with Crippen LogP contribution in [0.5, 0.6) is 0 Å². The fourth-order valence-electron chi connectivity index (χ4n) is 0.394. The van der Waals surface area contributed by atoms with Crippen LogP contribution in [0.1, 0.15) is 32.6 Å². The van der Waals surface area contributed by atoms with Crippen molar-refractivity contribution in [2.75, 3.05) is 0 Å². The van der Waals surface area contributed by atoms with Crippen LogP contribution in [0, 0.1) is 12.3 Å². The Morgan fingerprint density at radius 3 is 2.11 bits per heavy atom. The van der Waals surface area contributed by atoms with Crippen molar-refractivity contribution in [2.45, 2.75) is 32.6 Å². The van der Waals surface area contributed by atoms with Crippen molar-refractivity contribution in [3.8, 4) is 0 Å². The molecule has 0 aromatic rings. The number of hydrogen-bond acceptors (Lipinski definition) is 2. The van der Waals surface area contributed by atoms with Crippen LogP contribution < -0.4 is 0 Å². The molecular formula is C7H13NO. The zero-order valence-electron chi connectivity index (χ0n) is 5.81. The minimum Gasteiger partial charge on any atom is -0.222 e. The lowest BCUT2D eigenvalue weighted by Gasteiger charge is -1.85. The first-order valence-corrected chi connectivity index (χ1v) is 3.07. The predicted octanol–water partition coefficient (Wildman–Crippen LogP) is 2.18. The minimum atomic E-state index is 0.750. The Morgan fingerprint density at radius 2 is 2.00 bits per heavy atom. The molecule has 0 aliphatic heterocycles. The van der Waals surface area contributed by atoms with E-state index in [1.165, 1.54) is 19.3 Å². The molecule has 0 rings (SSSR count). The van der Waals surface area contributed by atoms with Gasteiger partial charge in [0, 0.05) is 0 Å². The van der Waals surface area contributed by atoms with Gasteiger partial charge in [0.05, 0.1) is 0 Å². The summed E-state index contributed by atoms with van der Waals surface area (Å²) >= 11 is 0. The lowest BCUT2D eigenvalue weighted by atomic mass is 10.2. The van der Waals surface area contributed by atoms with E-state index in [0.717, 1.165) is 12.5 Å². The maximum atomic E-state index is 8.35. The van der Waals surface area contributed by atoms with Gasteiger partial charge in [0.25, 0.3) is 0 Å². The summed E-state index contributed by atoms with van der Waals surface area (Å²) in [4.78, 5) is 8.35. The normalized spacial score (nSPS) is 6.89. The topological polar surface area (TPSA) is 40.9 Å². The Hall–Kier alpha value is -0.620. The highest BCUT2D eigenvalue weighted by atomic mass is 16.1. The monoisotopic (exact) mass is 127 g/mol. The summed E-state index contributed by atoms with van der Waals surface area (Å²) in [7, 11) is 0. The summed E-state index contributed by atoms with van der Waals surface area (Å²) in [6.07, 6.45) is 5.36. The van der Waals surface area contributed by atoms with Crippen LogP contribution in [0.4, 0.5) is 0 Å². The van der Waals surface area contributed by atoms with Gasteiger partial charge in [-0.1, -0.05) is 26.2 Å². The van der Waals surface area contributed by atoms with Gasteiger partial charge in [-0.25, -0.2) is 10.2 Å². The molecule has 0 bridgehead atoms. The largest absolute Gasteiger partial charge is 0.231 e. The molecule has 0 amide bonds. The maximum absolute atomic E-state index is 8.35. The van der Waals surface area contributed by atoms with E-state index >= 15 is 0 Å². The zero-order chi connectivity index (χ0) is 7.54. The number of nitrogens with one attached hydrogen (secondary N) is 1. The van der Waals surface area contributed by atoms with Gasteiger partial charge in [-0.2, -0.15) is 0 Å². The van der Waals surface area contributed by atoms with Crippen LogP contribution in [-0.4, -0.2) is 6.08 Å². The number of rotatable bonds is 3. The first-order valence-electron chi connectivity index (χ1n) is 3.07. The van der Waals surface area contributed by atoms with E-state index in [4.69, 9.17) is 17.1 Å². The van der Waals surface area contributed by atoms with E-state index in [2.05, 4.69) is 6.92 Å². The molecule has 0 saturated carbocycles. The van der Waals surface area contributed by atoms with Crippen LogP contribution in [0.2, 0.25) is 0 Å². The number of isocyanates is 1. The van der Waals surface area contributed by atoms with Crippen LogP contribution in [0.3, 0.4) is 0 Å². The van der Waals surface area contributed by atoms with Crippen molar-refractivity contribution in [1.82, 2.24) is 0 Å². The quantitative estimate of drug-likeness (QED) is 0.352. The zero-order valence-corrected chi connectivity index (χ0v) is 5.81. The van der Waals surface area contributed by atoms with Crippen molar-refractivity contribution < 1.29 is 4.79 Å². The van der Waals surface area contributed by atoms with E-state index in [0.29, 0.717) is 0 Å². The highest BCUT2D eigenvalue weighted by Gasteiger charge is 1.75. The third-order valence-electron chi connectivity index (χ3n) is 0.808. The molecule has 0 heterocycles. The summed E-state index contributed by atoms with van der Waals surface area (Å²) in [5.74, 6) is 0. The lowest BCUT2D eigenvalue weighted by Crippen LogP contribution is -1.66. The number of hydrogen-bond donors (Lipinski definition) is 1. The molecule has 0 spiro atoms. The molecule has 2 nitrogen and oxygen atoms in total. The number of unbranched alkanes of at least 4 members (excludes halogenated alkanes) is 3. The van der Waals surface area contributed by atoms with Gasteiger partial charge in [-0.3, -0.25) is 0 Å². The number of carbonyl (C=O) groups excluding carboxylic acids is 1. The summed E-state index contributed by atoms with van der Waals surface area (Å²) in [6.45, 7) is 7.39. The molecule has 0 aliphatic rings. The second kappa shape index (κ2) is 15.7. The lowest BCUT2D eigenvalue weighted by molar-refractivity contribution is 0.563. The first kappa shape index (κ1) is 11.2. The molecule has 0 atom stereocenters. The van der Waals surface area contributed by atoms with Crippen molar-refractivity contribution in [3.05, 3.63) is 6.92 Å².